The van der Waals surface area contributed by atoms with Gasteiger partial charge in [0.25, 0.3) is 0 Å². The average molecular weight is 437 g/mol. The molecule has 0 aromatic carbocycles. The summed E-state index contributed by atoms with van der Waals surface area (Å²) in [4.78, 5) is 53.6. The van der Waals surface area contributed by atoms with Gasteiger partial charge in [0.05, 0.1) is 0 Å². The highest BCUT2D eigenvalue weighted by atomic mass is 16.7. The molecule has 31 heavy (non-hydrogen) atoms. The molecule has 2 aliphatic heterocycles. The Morgan fingerprint density at radius 3 is 2.26 bits per heavy atom. The summed E-state index contributed by atoms with van der Waals surface area (Å²) in [5.74, 6) is -1.27. The Morgan fingerprint density at radius 2 is 1.68 bits per heavy atom. The highest BCUT2D eigenvalue weighted by molar-refractivity contribution is 5.68. The number of carbonyl (C=O) groups is 3. The second kappa shape index (κ2) is 9.90. The van der Waals surface area contributed by atoms with Gasteiger partial charge in [-0.05, 0) is 25.3 Å². The number of carbonyl (C=O) groups excluding carboxylic acids is 3. The predicted octanol–water partition coefficient (Wildman–Crippen LogP) is 0.558. The molecule has 0 radical (unpaired) electrons. The summed E-state index contributed by atoms with van der Waals surface area (Å²) < 4.78 is 22.7. The van der Waals surface area contributed by atoms with Gasteiger partial charge in [0, 0.05) is 40.1 Å². The van der Waals surface area contributed by atoms with Crippen molar-refractivity contribution in [1.29, 1.82) is 0 Å². The van der Waals surface area contributed by atoms with Gasteiger partial charge in [-0.25, -0.2) is 4.79 Å². The van der Waals surface area contributed by atoms with Crippen LogP contribution in [0.4, 0.5) is 5.82 Å². The van der Waals surface area contributed by atoms with Crippen LogP contribution in [0.25, 0.3) is 0 Å². The van der Waals surface area contributed by atoms with Crippen LogP contribution in [-0.2, 0) is 33.3 Å². The van der Waals surface area contributed by atoms with E-state index >= 15 is 0 Å². The first-order chi connectivity index (χ1) is 14.8. The van der Waals surface area contributed by atoms with E-state index in [-0.39, 0.29) is 6.61 Å². The van der Waals surface area contributed by atoms with Crippen molar-refractivity contribution in [3.63, 3.8) is 0 Å². The third-order valence-corrected chi connectivity index (χ3v) is 5.11. The first-order valence-electron chi connectivity index (χ1n) is 10.2. The molecule has 2 aliphatic rings. The maximum absolute atomic E-state index is 12.8. The minimum absolute atomic E-state index is 0.240. The van der Waals surface area contributed by atoms with E-state index in [9.17, 15) is 19.2 Å². The standard InChI is InChI=1S/C20H27N3O8/c1-12(24)28-11-15-17(29-13(2)25)18(30-14(3)26)19(31-15)23-10-7-16(21-20(23)27)22-8-5-4-6-9-22/h7,10,15,17-19H,4-6,8-9,11H2,1-3H3/t15-,17-,18-,19-/m1/s1. The van der Waals surface area contributed by atoms with Crippen molar-refractivity contribution in [2.24, 2.45) is 0 Å². The topological polar surface area (TPSA) is 126 Å². The maximum Gasteiger partial charge on any atom is 0.351 e. The van der Waals surface area contributed by atoms with Crippen molar-refractivity contribution in [3.05, 3.63) is 22.7 Å². The summed E-state index contributed by atoms with van der Waals surface area (Å²) in [6.07, 6.45) is 0.496. The molecule has 0 spiro atoms. The summed E-state index contributed by atoms with van der Waals surface area (Å²) in [6.45, 7) is 5.03. The van der Waals surface area contributed by atoms with Gasteiger partial charge in [0.15, 0.2) is 18.4 Å². The van der Waals surface area contributed by atoms with E-state index in [0.29, 0.717) is 5.82 Å². The molecule has 3 rings (SSSR count). The van der Waals surface area contributed by atoms with Crippen molar-refractivity contribution in [1.82, 2.24) is 9.55 Å². The molecule has 11 heteroatoms. The Kier molecular flexibility index (Phi) is 7.26. The minimum Gasteiger partial charge on any atom is -0.463 e. The van der Waals surface area contributed by atoms with E-state index < -0.39 is 48.1 Å². The van der Waals surface area contributed by atoms with Crippen LogP contribution in [0.1, 0.15) is 46.3 Å². The largest absolute Gasteiger partial charge is 0.463 e. The van der Waals surface area contributed by atoms with Crippen LogP contribution in [0.15, 0.2) is 17.1 Å². The zero-order chi connectivity index (χ0) is 22.5. The Balaban J connectivity index is 1.90. The summed E-state index contributed by atoms with van der Waals surface area (Å²) in [6, 6.07) is 1.70. The van der Waals surface area contributed by atoms with Gasteiger partial charge in [0.1, 0.15) is 18.5 Å². The predicted molar refractivity (Wildman–Crippen MR) is 106 cm³/mol. The zero-order valence-electron chi connectivity index (χ0n) is 17.8. The third kappa shape index (κ3) is 5.60. The van der Waals surface area contributed by atoms with Gasteiger partial charge in [-0.2, -0.15) is 4.98 Å². The van der Waals surface area contributed by atoms with E-state index in [1.807, 2.05) is 4.90 Å². The second-order valence-electron chi connectivity index (χ2n) is 7.54. The molecule has 3 heterocycles. The lowest BCUT2D eigenvalue weighted by molar-refractivity contribution is -0.166. The van der Waals surface area contributed by atoms with Gasteiger partial charge in [-0.3, -0.25) is 19.0 Å². The number of aromatic nitrogens is 2. The van der Waals surface area contributed by atoms with Crippen LogP contribution in [-0.4, -0.2) is 65.5 Å². The molecule has 0 amide bonds. The molecule has 2 saturated heterocycles. The van der Waals surface area contributed by atoms with E-state index in [0.717, 1.165) is 32.4 Å². The smallest absolute Gasteiger partial charge is 0.351 e. The van der Waals surface area contributed by atoms with Crippen molar-refractivity contribution in [2.75, 3.05) is 24.6 Å². The Labute approximate surface area is 179 Å². The second-order valence-corrected chi connectivity index (χ2v) is 7.54. The quantitative estimate of drug-likeness (QED) is 0.460. The number of rotatable bonds is 6. The fraction of sp³-hybridized carbons (Fsp3) is 0.650. The number of nitrogens with zero attached hydrogens (tertiary/aromatic N) is 3. The van der Waals surface area contributed by atoms with Crippen LogP contribution >= 0.6 is 0 Å². The fourth-order valence-corrected chi connectivity index (χ4v) is 3.81. The molecule has 0 aliphatic carbocycles. The Bertz CT molecular complexity index is 879. The molecule has 0 N–H and O–H groups in total. The number of esters is 3. The average Bonchev–Trinajstić information content (AvgIpc) is 3.03. The first-order valence-corrected chi connectivity index (χ1v) is 10.2. The monoisotopic (exact) mass is 437 g/mol. The van der Waals surface area contributed by atoms with Gasteiger partial charge >= 0.3 is 23.6 Å². The third-order valence-electron chi connectivity index (χ3n) is 5.11. The zero-order valence-corrected chi connectivity index (χ0v) is 17.8. The van der Waals surface area contributed by atoms with Crippen LogP contribution in [0.2, 0.25) is 0 Å². The molecule has 1 aromatic heterocycles. The lowest BCUT2D eigenvalue weighted by Crippen LogP contribution is -2.42. The van der Waals surface area contributed by atoms with Gasteiger partial charge < -0.3 is 23.8 Å². The molecule has 0 unspecified atom stereocenters. The van der Waals surface area contributed by atoms with E-state index in [4.69, 9.17) is 18.9 Å². The van der Waals surface area contributed by atoms with Crippen LogP contribution < -0.4 is 10.6 Å². The maximum atomic E-state index is 12.8. The first kappa shape index (κ1) is 22.7. The number of anilines is 1. The molecule has 2 fully saturated rings. The lowest BCUT2D eigenvalue weighted by Gasteiger charge is -2.28. The molecule has 0 saturated carbocycles. The highest BCUT2D eigenvalue weighted by Gasteiger charge is 2.51. The minimum atomic E-state index is -1.12. The van der Waals surface area contributed by atoms with Gasteiger partial charge in [-0.1, -0.05) is 0 Å². The summed E-state index contributed by atoms with van der Waals surface area (Å²) >= 11 is 0. The van der Waals surface area contributed by atoms with Crippen LogP contribution in [0, 0.1) is 0 Å². The fourth-order valence-electron chi connectivity index (χ4n) is 3.81. The number of hydrogen-bond donors (Lipinski definition) is 0. The van der Waals surface area contributed by atoms with Gasteiger partial charge in [-0.15, -0.1) is 0 Å². The molecular weight excluding hydrogens is 410 g/mol. The lowest BCUT2D eigenvalue weighted by atomic mass is 10.1. The molecule has 1 aromatic rings. The van der Waals surface area contributed by atoms with E-state index in [2.05, 4.69) is 4.98 Å². The Morgan fingerprint density at radius 1 is 1.03 bits per heavy atom. The van der Waals surface area contributed by atoms with Crippen LogP contribution in [0.5, 0.6) is 0 Å². The number of hydrogen-bond acceptors (Lipinski definition) is 10. The molecular formula is C20H27N3O8. The normalized spacial score (nSPS) is 25.7. The van der Waals surface area contributed by atoms with E-state index in [1.165, 1.54) is 31.5 Å². The Hall–Kier alpha value is -2.95. The summed E-state index contributed by atoms with van der Waals surface area (Å²) in [7, 11) is 0. The summed E-state index contributed by atoms with van der Waals surface area (Å²) in [5.41, 5.74) is -0.597. The highest BCUT2D eigenvalue weighted by Crippen LogP contribution is 2.34. The number of piperidine rings is 1. The molecule has 4 atom stereocenters. The molecule has 170 valence electrons. The van der Waals surface area contributed by atoms with Crippen molar-refractivity contribution in [2.45, 2.75) is 64.6 Å². The van der Waals surface area contributed by atoms with Crippen molar-refractivity contribution >= 4 is 23.7 Å². The van der Waals surface area contributed by atoms with E-state index in [1.54, 1.807) is 6.07 Å². The van der Waals surface area contributed by atoms with Crippen molar-refractivity contribution in [3.8, 4) is 0 Å². The van der Waals surface area contributed by atoms with Gasteiger partial charge in [0.2, 0.25) is 0 Å². The SMILES string of the molecule is CC(=O)OC[C@H]1O[C@@H](n2ccc(N3CCCCC3)nc2=O)[C@H](OC(C)=O)[C@@H]1OC(C)=O. The summed E-state index contributed by atoms with van der Waals surface area (Å²) in [5, 5.41) is 0. The number of ether oxygens (including phenoxy) is 4. The van der Waals surface area contributed by atoms with Crippen LogP contribution in [0.3, 0.4) is 0 Å². The molecule has 0 bridgehead atoms. The molecule has 11 nitrogen and oxygen atoms in total. The van der Waals surface area contributed by atoms with Crippen molar-refractivity contribution < 1.29 is 33.3 Å².